The fourth-order valence-corrected chi connectivity index (χ4v) is 3.92. The van der Waals surface area contributed by atoms with Crippen LogP contribution in [0.3, 0.4) is 0 Å². The maximum absolute atomic E-state index is 13.2. The minimum atomic E-state index is -1.05. The Hall–Kier alpha value is -4.20. The molecule has 1 heterocycles. The zero-order chi connectivity index (χ0) is 23.5. The van der Waals surface area contributed by atoms with E-state index in [0.29, 0.717) is 29.5 Å². The average molecular weight is 445 g/mol. The van der Waals surface area contributed by atoms with Crippen molar-refractivity contribution in [3.05, 3.63) is 66.7 Å². The Labute approximate surface area is 190 Å². The SMILES string of the molecule is CCOc1ccccc1N1C(=O)C(=O)N(CC(=O)N(CC)c2cccc3ccccc23)C1=O. The van der Waals surface area contributed by atoms with Crippen LogP contribution in [0.25, 0.3) is 10.8 Å². The lowest BCUT2D eigenvalue weighted by Crippen LogP contribution is -2.43. The summed E-state index contributed by atoms with van der Waals surface area (Å²) in [4.78, 5) is 54.6. The van der Waals surface area contributed by atoms with Crippen molar-refractivity contribution in [3.8, 4) is 5.75 Å². The van der Waals surface area contributed by atoms with Crippen molar-refractivity contribution >= 4 is 45.9 Å². The van der Waals surface area contributed by atoms with E-state index in [2.05, 4.69) is 0 Å². The van der Waals surface area contributed by atoms with E-state index in [-0.39, 0.29) is 5.69 Å². The molecule has 3 aromatic carbocycles. The van der Waals surface area contributed by atoms with Gasteiger partial charge in [0.2, 0.25) is 5.91 Å². The molecule has 4 rings (SSSR count). The van der Waals surface area contributed by atoms with Gasteiger partial charge in [0.25, 0.3) is 0 Å². The highest BCUT2D eigenvalue weighted by Crippen LogP contribution is 2.32. The van der Waals surface area contributed by atoms with Crippen LogP contribution in [0.1, 0.15) is 13.8 Å². The summed E-state index contributed by atoms with van der Waals surface area (Å²) in [6.45, 7) is 3.68. The fraction of sp³-hybridized carbons (Fsp3) is 0.200. The first-order chi connectivity index (χ1) is 16.0. The molecule has 168 valence electrons. The highest BCUT2D eigenvalue weighted by atomic mass is 16.5. The van der Waals surface area contributed by atoms with Gasteiger partial charge in [-0.1, -0.05) is 48.5 Å². The van der Waals surface area contributed by atoms with Gasteiger partial charge in [0.05, 0.1) is 18.0 Å². The molecular formula is C25H23N3O5. The summed E-state index contributed by atoms with van der Waals surface area (Å²) < 4.78 is 5.50. The minimum absolute atomic E-state index is 0.166. The van der Waals surface area contributed by atoms with E-state index >= 15 is 0 Å². The van der Waals surface area contributed by atoms with Crippen LogP contribution >= 0.6 is 0 Å². The third-order valence-electron chi connectivity index (χ3n) is 5.43. The number of amides is 5. The van der Waals surface area contributed by atoms with Gasteiger partial charge in [-0.05, 0) is 37.4 Å². The Kier molecular flexibility index (Phi) is 6.08. The number of benzene rings is 3. The largest absolute Gasteiger partial charge is 0.492 e. The molecule has 0 aromatic heterocycles. The lowest BCUT2D eigenvalue weighted by atomic mass is 10.1. The summed E-state index contributed by atoms with van der Waals surface area (Å²) in [5.41, 5.74) is 0.837. The zero-order valence-electron chi connectivity index (χ0n) is 18.4. The van der Waals surface area contributed by atoms with E-state index < -0.39 is 30.3 Å². The Morgan fingerprint density at radius 2 is 1.58 bits per heavy atom. The first-order valence-electron chi connectivity index (χ1n) is 10.7. The highest BCUT2D eigenvalue weighted by molar-refractivity contribution is 6.53. The number of carbonyl (C=O) groups is 4. The lowest BCUT2D eigenvalue weighted by molar-refractivity contribution is -0.140. The van der Waals surface area contributed by atoms with Gasteiger partial charge >= 0.3 is 17.8 Å². The second-order valence-corrected chi connectivity index (χ2v) is 7.35. The Morgan fingerprint density at radius 1 is 0.879 bits per heavy atom. The molecule has 0 N–H and O–H groups in total. The molecule has 1 aliphatic rings. The number of nitrogens with zero attached hydrogens (tertiary/aromatic N) is 3. The normalized spacial score (nSPS) is 13.7. The molecule has 1 saturated heterocycles. The average Bonchev–Trinajstić information content (AvgIpc) is 3.03. The first-order valence-corrected chi connectivity index (χ1v) is 10.7. The Bertz CT molecular complexity index is 1250. The highest BCUT2D eigenvalue weighted by Gasteiger charge is 2.47. The quantitative estimate of drug-likeness (QED) is 0.410. The number of imide groups is 2. The van der Waals surface area contributed by atoms with Crippen molar-refractivity contribution in [2.75, 3.05) is 29.5 Å². The topological polar surface area (TPSA) is 87.2 Å². The van der Waals surface area contributed by atoms with E-state index in [4.69, 9.17) is 4.74 Å². The molecule has 0 aliphatic carbocycles. The third kappa shape index (κ3) is 3.91. The molecular weight excluding hydrogens is 422 g/mol. The van der Waals surface area contributed by atoms with Crippen LogP contribution < -0.4 is 14.5 Å². The van der Waals surface area contributed by atoms with Crippen molar-refractivity contribution in [3.63, 3.8) is 0 Å². The predicted molar refractivity (Wildman–Crippen MR) is 124 cm³/mol. The summed E-state index contributed by atoms with van der Waals surface area (Å²) in [7, 11) is 0. The standard InChI is InChI=1S/C25H23N3O5/c1-3-26(19-14-9-11-17-10-5-6-12-18(17)19)22(29)16-27-23(30)24(31)28(25(27)32)20-13-7-8-15-21(20)33-4-2/h5-15H,3-4,16H2,1-2H3. The number of para-hydroxylation sites is 2. The maximum Gasteiger partial charge on any atom is 0.339 e. The predicted octanol–water partition coefficient (Wildman–Crippen LogP) is 3.59. The molecule has 33 heavy (non-hydrogen) atoms. The smallest absolute Gasteiger partial charge is 0.339 e. The molecule has 1 fully saturated rings. The summed E-state index contributed by atoms with van der Waals surface area (Å²) in [6.07, 6.45) is 0. The van der Waals surface area contributed by atoms with Crippen molar-refractivity contribution < 1.29 is 23.9 Å². The molecule has 0 bridgehead atoms. The number of hydrogen-bond donors (Lipinski definition) is 0. The number of fused-ring (bicyclic) bond motifs is 1. The van der Waals surface area contributed by atoms with Gasteiger partial charge in [-0.25, -0.2) is 14.6 Å². The number of ether oxygens (including phenoxy) is 1. The molecule has 0 saturated carbocycles. The van der Waals surface area contributed by atoms with E-state index in [0.717, 1.165) is 15.7 Å². The number of likely N-dealkylation sites (N-methyl/N-ethyl adjacent to an activating group) is 1. The van der Waals surface area contributed by atoms with Crippen LogP contribution in [-0.2, 0) is 14.4 Å². The van der Waals surface area contributed by atoms with Crippen LogP contribution in [0.5, 0.6) is 5.75 Å². The Balaban J connectivity index is 1.62. The van der Waals surface area contributed by atoms with Gasteiger partial charge in [0.1, 0.15) is 12.3 Å². The van der Waals surface area contributed by atoms with E-state index in [9.17, 15) is 19.2 Å². The molecule has 0 unspecified atom stereocenters. The molecule has 8 nitrogen and oxygen atoms in total. The van der Waals surface area contributed by atoms with Crippen LogP contribution in [0, 0.1) is 0 Å². The van der Waals surface area contributed by atoms with E-state index in [1.807, 2.05) is 49.4 Å². The monoisotopic (exact) mass is 445 g/mol. The van der Waals surface area contributed by atoms with Crippen LogP contribution in [0.15, 0.2) is 66.7 Å². The van der Waals surface area contributed by atoms with Crippen molar-refractivity contribution in [2.24, 2.45) is 0 Å². The summed E-state index contributed by atoms with van der Waals surface area (Å²) >= 11 is 0. The maximum atomic E-state index is 13.2. The number of carbonyl (C=O) groups excluding carboxylic acids is 4. The van der Waals surface area contributed by atoms with Crippen molar-refractivity contribution in [2.45, 2.75) is 13.8 Å². The minimum Gasteiger partial charge on any atom is -0.492 e. The second kappa shape index (κ2) is 9.12. The molecule has 0 radical (unpaired) electrons. The van der Waals surface area contributed by atoms with Gasteiger partial charge in [-0.3, -0.25) is 14.4 Å². The van der Waals surface area contributed by atoms with Crippen LogP contribution in [-0.4, -0.2) is 48.3 Å². The number of rotatable bonds is 7. The van der Waals surface area contributed by atoms with Gasteiger partial charge in [0.15, 0.2) is 0 Å². The third-order valence-corrected chi connectivity index (χ3v) is 5.43. The zero-order valence-corrected chi connectivity index (χ0v) is 18.4. The van der Waals surface area contributed by atoms with Gasteiger partial charge < -0.3 is 9.64 Å². The molecule has 0 atom stereocenters. The number of anilines is 2. The van der Waals surface area contributed by atoms with Crippen LogP contribution in [0.4, 0.5) is 16.2 Å². The van der Waals surface area contributed by atoms with Gasteiger partial charge in [0, 0.05) is 11.9 Å². The van der Waals surface area contributed by atoms with E-state index in [1.54, 1.807) is 25.1 Å². The Morgan fingerprint density at radius 3 is 2.33 bits per heavy atom. The fourth-order valence-electron chi connectivity index (χ4n) is 3.92. The molecule has 3 aromatic rings. The summed E-state index contributed by atoms with van der Waals surface area (Å²) in [5, 5.41) is 1.83. The first kappa shape index (κ1) is 22.0. The van der Waals surface area contributed by atoms with Crippen molar-refractivity contribution in [1.29, 1.82) is 0 Å². The lowest BCUT2D eigenvalue weighted by Gasteiger charge is -2.25. The molecule has 5 amide bonds. The molecule has 0 spiro atoms. The number of urea groups is 1. The summed E-state index contributed by atoms with van der Waals surface area (Å²) in [5.74, 6) is -2.24. The molecule has 8 heteroatoms. The summed E-state index contributed by atoms with van der Waals surface area (Å²) in [6, 6.07) is 18.8. The van der Waals surface area contributed by atoms with Gasteiger partial charge in [-0.2, -0.15) is 0 Å². The van der Waals surface area contributed by atoms with Gasteiger partial charge in [-0.15, -0.1) is 0 Å². The van der Waals surface area contributed by atoms with E-state index in [1.165, 1.54) is 11.0 Å². The van der Waals surface area contributed by atoms with Crippen molar-refractivity contribution in [1.82, 2.24) is 4.90 Å². The number of hydrogen-bond acceptors (Lipinski definition) is 5. The second-order valence-electron chi connectivity index (χ2n) is 7.35. The van der Waals surface area contributed by atoms with Crippen LogP contribution in [0.2, 0.25) is 0 Å². The molecule has 1 aliphatic heterocycles.